The van der Waals surface area contributed by atoms with Crippen LogP contribution in [0.1, 0.15) is 13.3 Å². The summed E-state index contributed by atoms with van der Waals surface area (Å²) in [5, 5.41) is 7.88. The van der Waals surface area contributed by atoms with Gasteiger partial charge in [0.1, 0.15) is 0 Å². The molecule has 0 bridgehead atoms. The average molecular weight is 210 g/mol. The summed E-state index contributed by atoms with van der Waals surface area (Å²) in [4.78, 5) is 0. The first kappa shape index (κ1) is 12.8. The fourth-order valence-corrected chi connectivity index (χ4v) is 1.33. The van der Waals surface area contributed by atoms with E-state index in [1.54, 1.807) is 7.11 Å². The summed E-state index contributed by atoms with van der Waals surface area (Å²) in [5.41, 5.74) is 0. The average Bonchev–Trinajstić information content (AvgIpc) is 2.01. The van der Waals surface area contributed by atoms with Gasteiger partial charge >= 0.3 is 0 Å². The molecule has 3 N–H and O–H groups in total. The summed E-state index contributed by atoms with van der Waals surface area (Å²) in [7, 11) is -1.73. The van der Waals surface area contributed by atoms with Gasteiger partial charge in [-0.2, -0.15) is 0 Å². The van der Waals surface area contributed by atoms with Gasteiger partial charge in [0.25, 0.3) is 0 Å². The second-order valence-electron chi connectivity index (χ2n) is 2.88. The van der Waals surface area contributed by atoms with Crippen molar-refractivity contribution in [2.45, 2.75) is 19.4 Å². The van der Waals surface area contributed by atoms with Gasteiger partial charge < -0.3 is 10.1 Å². The topological polar surface area (TPSA) is 81.4 Å². The summed E-state index contributed by atoms with van der Waals surface area (Å²) in [5.74, 6) is -0.0345. The highest BCUT2D eigenvalue weighted by Gasteiger charge is 2.06. The normalized spacial score (nSPS) is 14.4. The molecule has 0 aliphatic carbocycles. The molecule has 0 saturated heterocycles. The molecule has 0 aliphatic heterocycles. The molecule has 13 heavy (non-hydrogen) atoms. The molecule has 0 amide bonds. The second-order valence-corrected chi connectivity index (χ2v) is 4.62. The summed E-state index contributed by atoms with van der Waals surface area (Å²) in [6.07, 6.45) is 0.901. The van der Waals surface area contributed by atoms with Crippen LogP contribution in [0.3, 0.4) is 0 Å². The molecule has 0 saturated carbocycles. The predicted molar refractivity (Wildman–Crippen MR) is 51.9 cm³/mol. The number of hydrogen-bond donors (Lipinski definition) is 2. The minimum absolute atomic E-state index is 0.0345. The van der Waals surface area contributed by atoms with Crippen molar-refractivity contribution in [1.82, 2.24) is 5.32 Å². The number of nitrogens with one attached hydrogen (secondary N) is 1. The van der Waals surface area contributed by atoms with Gasteiger partial charge in [0.15, 0.2) is 0 Å². The van der Waals surface area contributed by atoms with Crippen molar-refractivity contribution >= 4 is 10.0 Å². The number of nitrogens with two attached hydrogens (primary N) is 1. The van der Waals surface area contributed by atoms with Crippen LogP contribution in [0.5, 0.6) is 0 Å². The van der Waals surface area contributed by atoms with Crippen molar-refractivity contribution in [1.29, 1.82) is 0 Å². The molecule has 0 aromatic rings. The van der Waals surface area contributed by atoms with Gasteiger partial charge in [0.2, 0.25) is 10.0 Å². The minimum atomic E-state index is -3.35. The van der Waals surface area contributed by atoms with E-state index in [9.17, 15) is 8.42 Å². The first-order chi connectivity index (χ1) is 5.99. The number of primary sulfonamides is 1. The van der Waals surface area contributed by atoms with Crippen LogP contribution in [-0.4, -0.2) is 40.5 Å². The van der Waals surface area contributed by atoms with E-state index >= 15 is 0 Å². The lowest BCUT2D eigenvalue weighted by Gasteiger charge is -2.14. The maximum Gasteiger partial charge on any atom is 0.210 e. The van der Waals surface area contributed by atoms with Gasteiger partial charge in [-0.15, -0.1) is 0 Å². The van der Waals surface area contributed by atoms with E-state index in [0.29, 0.717) is 13.2 Å². The van der Waals surface area contributed by atoms with E-state index in [2.05, 4.69) is 5.32 Å². The van der Waals surface area contributed by atoms with Crippen LogP contribution in [0.2, 0.25) is 0 Å². The lowest BCUT2D eigenvalue weighted by Crippen LogP contribution is -2.37. The Morgan fingerprint density at radius 1 is 1.54 bits per heavy atom. The fourth-order valence-electron chi connectivity index (χ4n) is 0.928. The second kappa shape index (κ2) is 6.31. The van der Waals surface area contributed by atoms with Crippen molar-refractivity contribution in [3.63, 3.8) is 0 Å². The maximum atomic E-state index is 10.6. The Hall–Kier alpha value is -0.170. The molecule has 0 fully saturated rings. The molecule has 0 aromatic heterocycles. The molecular formula is C7H18N2O3S. The Morgan fingerprint density at radius 3 is 2.54 bits per heavy atom. The Morgan fingerprint density at radius 2 is 2.15 bits per heavy atom. The highest BCUT2D eigenvalue weighted by molar-refractivity contribution is 7.89. The number of methoxy groups -OCH3 is 1. The van der Waals surface area contributed by atoms with Gasteiger partial charge in [-0.05, 0) is 6.42 Å². The van der Waals surface area contributed by atoms with Crippen molar-refractivity contribution in [3.05, 3.63) is 0 Å². The smallest absolute Gasteiger partial charge is 0.210 e. The van der Waals surface area contributed by atoms with Gasteiger partial charge in [0, 0.05) is 19.7 Å². The minimum Gasteiger partial charge on any atom is -0.383 e. The molecule has 1 unspecified atom stereocenters. The highest BCUT2D eigenvalue weighted by Crippen LogP contribution is 1.90. The molecule has 0 aromatic carbocycles. The quantitative estimate of drug-likeness (QED) is 0.581. The molecule has 1 atom stereocenters. The van der Waals surface area contributed by atoms with Crippen molar-refractivity contribution in [2.24, 2.45) is 5.14 Å². The fraction of sp³-hybridized carbons (Fsp3) is 1.00. The third-order valence-electron chi connectivity index (χ3n) is 1.68. The van der Waals surface area contributed by atoms with Crippen LogP contribution in [0, 0.1) is 0 Å². The van der Waals surface area contributed by atoms with Crippen molar-refractivity contribution < 1.29 is 13.2 Å². The van der Waals surface area contributed by atoms with Crippen LogP contribution >= 0.6 is 0 Å². The molecule has 0 aliphatic rings. The Kier molecular flexibility index (Phi) is 6.23. The zero-order chi connectivity index (χ0) is 10.3. The molecule has 80 valence electrons. The van der Waals surface area contributed by atoms with Gasteiger partial charge in [0.05, 0.1) is 12.4 Å². The Balaban J connectivity index is 3.61. The van der Waals surface area contributed by atoms with E-state index in [1.165, 1.54) is 0 Å². The van der Waals surface area contributed by atoms with E-state index in [1.807, 2.05) is 6.92 Å². The highest BCUT2D eigenvalue weighted by atomic mass is 32.2. The van der Waals surface area contributed by atoms with Crippen LogP contribution < -0.4 is 10.5 Å². The van der Waals surface area contributed by atoms with E-state index in [-0.39, 0.29) is 11.8 Å². The lowest BCUT2D eigenvalue weighted by atomic mass is 10.2. The van der Waals surface area contributed by atoms with Crippen molar-refractivity contribution in [2.75, 3.05) is 26.0 Å². The molecule has 0 radical (unpaired) electrons. The summed E-state index contributed by atoms with van der Waals surface area (Å²) < 4.78 is 26.1. The summed E-state index contributed by atoms with van der Waals surface area (Å²) >= 11 is 0. The number of sulfonamides is 1. The SMILES string of the molecule is CCC(COC)NCCS(N)(=O)=O. The first-order valence-corrected chi connectivity index (χ1v) is 5.94. The Labute approximate surface area is 79.7 Å². The monoisotopic (exact) mass is 210 g/mol. The molecule has 0 rings (SSSR count). The van der Waals surface area contributed by atoms with Crippen LogP contribution in [-0.2, 0) is 14.8 Å². The number of ether oxygens (including phenoxy) is 1. The summed E-state index contributed by atoms with van der Waals surface area (Å²) in [6.45, 7) is 2.97. The van der Waals surface area contributed by atoms with Gasteiger partial charge in [-0.25, -0.2) is 13.6 Å². The zero-order valence-corrected chi connectivity index (χ0v) is 8.93. The number of rotatable bonds is 7. The zero-order valence-electron chi connectivity index (χ0n) is 8.12. The standard InChI is InChI=1S/C7H18N2O3S/c1-3-7(6-12-2)9-4-5-13(8,10)11/h7,9H,3-6H2,1-2H3,(H2,8,10,11). The lowest BCUT2D eigenvalue weighted by molar-refractivity contribution is 0.165. The van der Waals surface area contributed by atoms with Crippen LogP contribution in [0.25, 0.3) is 0 Å². The van der Waals surface area contributed by atoms with Gasteiger partial charge in [-0.1, -0.05) is 6.92 Å². The van der Waals surface area contributed by atoms with E-state index < -0.39 is 10.0 Å². The molecule has 6 heteroatoms. The molecule has 0 heterocycles. The van der Waals surface area contributed by atoms with E-state index in [4.69, 9.17) is 9.88 Å². The van der Waals surface area contributed by atoms with Crippen molar-refractivity contribution in [3.8, 4) is 0 Å². The first-order valence-electron chi connectivity index (χ1n) is 4.22. The maximum absolute atomic E-state index is 10.6. The van der Waals surface area contributed by atoms with Gasteiger partial charge in [-0.3, -0.25) is 0 Å². The van der Waals surface area contributed by atoms with E-state index in [0.717, 1.165) is 6.42 Å². The summed E-state index contributed by atoms with van der Waals surface area (Å²) in [6, 6.07) is 0.201. The molecule has 0 spiro atoms. The van der Waals surface area contributed by atoms with Crippen LogP contribution in [0.15, 0.2) is 0 Å². The predicted octanol–water partition coefficient (Wildman–Crippen LogP) is -0.710. The Bertz CT molecular complexity index is 216. The largest absolute Gasteiger partial charge is 0.383 e. The third-order valence-corrected chi connectivity index (χ3v) is 2.45. The van der Waals surface area contributed by atoms with Crippen LogP contribution in [0.4, 0.5) is 0 Å². The molecule has 5 nitrogen and oxygen atoms in total. The third kappa shape index (κ3) is 8.17. The number of hydrogen-bond acceptors (Lipinski definition) is 4. The molecular weight excluding hydrogens is 192 g/mol.